The Morgan fingerprint density at radius 2 is 1.89 bits per heavy atom. The van der Waals surface area contributed by atoms with E-state index in [2.05, 4.69) is 5.32 Å². The van der Waals surface area contributed by atoms with Crippen LogP contribution in [0.25, 0.3) is 0 Å². The van der Waals surface area contributed by atoms with E-state index in [1.54, 1.807) is 0 Å². The Hall–Kier alpha value is -0.120. The fraction of sp³-hybridized carbons (Fsp3) is 1.00. The summed E-state index contributed by atoms with van der Waals surface area (Å²) in [5, 5.41) is 3.75. The van der Waals surface area contributed by atoms with Crippen LogP contribution in [0, 0.1) is 5.92 Å². The Bertz CT molecular complexity index is 255. The molecule has 1 spiro atoms. The van der Waals surface area contributed by atoms with Gasteiger partial charge in [0.05, 0.1) is 12.2 Å². The minimum atomic E-state index is 0.0807. The predicted octanol–water partition coefficient (Wildman–Crippen LogP) is 2.49. The van der Waals surface area contributed by atoms with Gasteiger partial charge in [-0.1, -0.05) is 25.7 Å². The lowest BCUT2D eigenvalue weighted by atomic mass is 9.80. The van der Waals surface area contributed by atoms with Crippen molar-refractivity contribution in [2.24, 2.45) is 5.92 Å². The lowest BCUT2D eigenvalue weighted by molar-refractivity contribution is -0.111. The van der Waals surface area contributed by atoms with Crippen LogP contribution in [0.5, 0.6) is 0 Å². The summed E-state index contributed by atoms with van der Waals surface area (Å²) in [7, 11) is 0. The summed E-state index contributed by atoms with van der Waals surface area (Å²) in [6.07, 6.45) is 10.5. The van der Waals surface area contributed by atoms with Crippen molar-refractivity contribution in [1.29, 1.82) is 0 Å². The van der Waals surface area contributed by atoms with Crippen LogP contribution in [0.1, 0.15) is 51.4 Å². The molecule has 0 bridgehead atoms. The van der Waals surface area contributed by atoms with Crippen LogP contribution in [0.3, 0.4) is 0 Å². The molecule has 3 nitrogen and oxygen atoms in total. The molecule has 1 N–H and O–H groups in total. The minimum absolute atomic E-state index is 0.0807. The third-order valence-corrected chi connectivity index (χ3v) is 5.12. The molecule has 0 aromatic rings. The van der Waals surface area contributed by atoms with Gasteiger partial charge in [-0.3, -0.25) is 0 Å². The van der Waals surface area contributed by atoms with Gasteiger partial charge in [0.15, 0.2) is 0 Å². The molecule has 18 heavy (non-hydrogen) atoms. The average molecular weight is 253 g/mol. The first kappa shape index (κ1) is 12.9. The van der Waals surface area contributed by atoms with Gasteiger partial charge >= 0.3 is 0 Å². The third kappa shape index (κ3) is 2.73. The highest BCUT2D eigenvalue weighted by Gasteiger charge is 2.43. The Morgan fingerprint density at radius 1 is 1.00 bits per heavy atom. The van der Waals surface area contributed by atoms with E-state index in [0.29, 0.717) is 6.04 Å². The average Bonchev–Trinajstić information content (AvgIpc) is 2.79. The molecule has 0 aromatic heterocycles. The van der Waals surface area contributed by atoms with E-state index in [1.807, 2.05) is 0 Å². The van der Waals surface area contributed by atoms with Crippen molar-refractivity contribution in [1.82, 2.24) is 5.32 Å². The van der Waals surface area contributed by atoms with Crippen molar-refractivity contribution in [3.63, 3.8) is 0 Å². The number of morpholine rings is 1. The second kappa shape index (κ2) is 5.89. The molecule has 0 amide bonds. The molecule has 1 aliphatic carbocycles. The van der Waals surface area contributed by atoms with E-state index < -0.39 is 0 Å². The number of rotatable bonds is 2. The molecule has 2 heterocycles. The van der Waals surface area contributed by atoms with Crippen LogP contribution in [-0.2, 0) is 9.47 Å². The fourth-order valence-corrected chi connectivity index (χ4v) is 4.09. The van der Waals surface area contributed by atoms with Gasteiger partial charge < -0.3 is 14.8 Å². The molecule has 3 rings (SSSR count). The smallest absolute Gasteiger partial charge is 0.0858 e. The van der Waals surface area contributed by atoms with Crippen LogP contribution in [0.2, 0.25) is 0 Å². The number of hydrogen-bond donors (Lipinski definition) is 1. The minimum Gasteiger partial charge on any atom is -0.381 e. The maximum atomic E-state index is 6.27. The highest BCUT2D eigenvalue weighted by Crippen LogP contribution is 2.37. The first-order valence-corrected chi connectivity index (χ1v) is 7.84. The van der Waals surface area contributed by atoms with E-state index in [1.165, 1.54) is 38.5 Å². The Morgan fingerprint density at radius 3 is 2.78 bits per heavy atom. The SMILES string of the molecule is C1CCC(CC2NCCOC23CCCOCC3)C1. The number of hydrogen-bond acceptors (Lipinski definition) is 3. The van der Waals surface area contributed by atoms with Gasteiger partial charge in [0.1, 0.15) is 0 Å². The van der Waals surface area contributed by atoms with Gasteiger partial charge in [-0.25, -0.2) is 0 Å². The monoisotopic (exact) mass is 253 g/mol. The molecule has 2 unspecified atom stereocenters. The Balaban J connectivity index is 1.67. The molecule has 3 heteroatoms. The number of nitrogens with one attached hydrogen (secondary N) is 1. The summed E-state index contributed by atoms with van der Waals surface area (Å²) >= 11 is 0. The Kier molecular flexibility index (Phi) is 4.22. The first-order chi connectivity index (χ1) is 8.89. The summed E-state index contributed by atoms with van der Waals surface area (Å²) in [4.78, 5) is 0. The van der Waals surface area contributed by atoms with Gasteiger partial charge in [-0.15, -0.1) is 0 Å². The Labute approximate surface area is 111 Å². The van der Waals surface area contributed by atoms with Crippen molar-refractivity contribution in [3.8, 4) is 0 Å². The van der Waals surface area contributed by atoms with Crippen molar-refractivity contribution in [2.75, 3.05) is 26.4 Å². The molecular weight excluding hydrogens is 226 g/mol. The maximum absolute atomic E-state index is 6.27. The quantitative estimate of drug-likeness (QED) is 0.820. The standard InChI is InChI=1S/C15H27NO2/c1-2-5-13(4-1)12-14-15(18-11-8-16-14)6-3-9-17-10-7-15/h13-14,16H,1-12H2. The predicted molar refractivity (Wildman–Crippen MR) is 71.7 cm³/mol. The summed E-state index contributed by atoms with van der Waals surface area (Å²) in [5.41, 5.74) is 0.0807. The highest BCUT2D eigenvalue weighted by molar-refractivity contribution is 4.98. The van der Waals surface area contributed by atoms with Gasteiger partial charge in [-0.2, -0.15) is 0 Å². The largest absolute Gasteiger partial charge is 0.381 e. The summed E-state index contributed by atoms with van der Waals surface area (Å²) < 4.78 is 11.9. The molecule has 104 valence electrons. The van der Waals surface area contributed by atoms with Gasteiger partial charge in [0.2, 0.25) is 0 Å². The highest BCUT2D eigenvalue weighted by atomic mass is 16.5. The molecule has 2 aliphatic heterocycles. The summed E-state index contributed by atoms with van der Waals surface area (Å²) in [6.45, 7) is 3.70. The van der Waals surface area contributed by atoms with Gasteiger partial charge in [0, 0.05) is 32.2 Å². The van der Waals surface area contributed by atoms with E-state index >= 15 is 0 Å². The molecule has 2 saturated heterocycles. The van der Waals surface area contributed by atoms with E-state index in [-0.39, 0.29) is 5.60 Å². The van der Waals surface area contributed by atoms with Gasteiger partial charge in [0.25, 0.3) is 0 Å². The van der Waals surface area contributed by atoms with E-state index in [9.17, 15) is 0 Å². The lowest BCUT2D eigenvalue weighted by Gasteiger charge is -2.45. The normalized spacial score (nSPS) is 39.0. The zero-order chi connectivity index (χ0) is 12.3. The second-order valence-electron chi connectivity index (χ2n) is 6.27. The molecule has 1 saturated carbocycles. The van der Waals surface area contributed by atoms with Crippen LogP contribution in [-0.4, -0.2) is 38.0 Å². The lowest BCUT2D eigenvalue weighted by Crippen LogP contribution is -2.58. The molecule has 0 radical (unpaired) electrons. The first-order valence-electron chi connectivity index (χ1n) is 7.84. The second-order valence-corrected chi connectivity index (χ2v) is 6.27. The number of ether oxygens (including phenoxy) is 2. The van der Waals surface area contributed by atoms with Crippen LogP contribution in [0.4, 0.5) is 0 Å². The van der Waals surface area contributed by atoms with Gasteiger partial charge in [-0.05, 0) is 25.2 Å². The summed E-state index contributed by atoms with van der Waals surface area (Å²) in [6, 6.07) is 0.566. The van der Waals surface area contributed by atoms with Crippen molar-refractivity contribution < 1.29 is 9.47 Å². The third-order valence-electron chi connectivity index (χ3n) is 5.12. The van der Waals surface area contributed by atoms with Crippen LogP contribution >= 0.6 is 0 Å². The summed E-state index contributed by atoms with van der Waals surface area (Å²) in [5.74, 6) is 0.935. The van der Waals surface area contributed by atoms with Crippen LogP contribution < -0.4 is 5.32 Å². The molecular formula is C15H27NO2. The van der Waals surface area contributed by atoms with Crippen molar-refractivity contribution in [3.05, 3.63) is 0 Å². The van der Waals surface area contributed by atoms with E-state index in [4.69, 9.17) is 9.47 Å². The molecule has 2 atom stereocenters. The molecule has 0 aromatic carbocycles. The van der Waals surface area contributed by atoms with Crippen molar-refractivity contribution >= 4 is 0 Å². The molecule has 3 aliphatic rings. The topological polar surface area (TPSA) is 30.5 Å². The zero-order valence-corrected chi connectivity index (χ0v) is 11.5. The van der Waals surface area contributed by atoms with Crippen molar-refractivity contribution in [2.45, 2.75) is 63.0 Å². The maximum Gasteiger partial charge on any atom is 0.0858 e. The van der Waals surface area contributed by atoms with Crippen LogP contribution in [0.15, 0.2) is 0 Å². The molecule has 3 fully saturated rings. The fourth-order valence-electron chi connectivity index (χ4n) is 4.09. The van der Waals surface area contributed by atoms with E-state index in [0.717, 1.165) is 45.1 Å². The zero-order valence-electron chi connectivity index (χ0n) is 11.5.